The molecular weight excluding hydrogens is 301 g/mol. The van der Waals surface area contributed by atoms with E-state index in [1.54, 1.807) is 36.5 Å². The zero-order valence-electron chi connectivity index (χ0n) is 10.3. The van der Waals surface area contributed by atoms with Crippen LogP contribution in [-0.4, -0.2) is 16.1 Å². The van der Waals surface area contributed by atoms with E-state index >= 15 is 0 Å². The molecule has 104 valence electrons. The average Bonchev–Trinajstić information content (AvgIpc) is 2.44. The normalized spacial score (nSPS) is 11.9. The Kier molecular flexibility index (Phi) is 4.95. The maximum absolute atomic E-state index is 11.8. The highest BCUT2D eigenvalue weighted by molar-refractivity contribution is 6.37. The molecule has 0 amide bonds. The van der Waals surface area contributed by atoms with E-state index in [1.165, 1.54) is 6.20 Å². The third kappa shape index (κ3) is 3.70. The maximum atomic E-state index is 11.8. The Hall–Kier alpha value is -1.62. The number of hydrogen-bond acceptors (Lipinski definition) is 4. The van der Waals surface area contributed by atoms with Crippen LogP contribution in [0.5, 0.6) is 5.75 Å². The molecule has 6 heteroatoms. The Morgan fingerprint density at radius 3 is 2.55 bits per heavy atom. The number of aliphatic hydroxyl groups is 1. The Bertz CT molecular complexity index is 584. The molecule has 1 heterocycles. The summed E-state index contributed by atoms with van der Waals surface area (Å²) in [6.07, 6.45) is 1.86. The van der Waals surface area contributed by atoms with Crippen molar-refractivity contribution < 1.29 is 14.6 Å². The summed E-state index contributed by atoms with van der Waals surface area (Å²) in [5.74, 6) is -0.532. The number of aromatic nitrogens is 1. The highest BCUT2D eigenvalue weighted by Gasteiger charge is 2.17. The molecule has 1 unspecified atom stereocenters. The lowest BCUT2D eigenvalue weighted by Gasteiger charge is -2.11. The smallest absolute Gasteiger partial charge is 0.314 e. The van der Waals surface area contributed by atoms with E-state index in [-0.39, 0.29) is 22.2 Å². The van der Waals surface area contributed by atoms with Crippen molar-refractivity contribution in [3.8, 4) is 5.75 Å². The van der Waals surface area contributed by atoms with Gasteiger partial charge in [0.05, 0.1) is 22.6 Å². The second-order valence-corrected chi connectivity index (χ2v) is 4.85. The van der Waals surface area contributed by atoms with E-state index in [4.69, 9.17) is 27.9 Å². The number of esters is 1. The Morgan fingerprint density at radius 1 is 1.25 bits per heavy atom. The van der Waals surface area contributed by atoms with Gasteiger partial charge in [-0.2, -0.15) is 0 Å². The molecule has 0 bridgehead atoms. The second-order valence-electron chi connectivity index (χ2n) is 4.03. The number of aliphatic hydroxyl groups excluding tert-OH is 1. The Labute approximate surface area is 125 Å². The first-order valence-corrected chi connectivity index (χ1v) is 6.56. The summed E-state index contributed by atoms with van der Waals surface area (Å²) in [5.41, 5.74) is 0.537. The molecule has 1 aromatic heterocycles. The summed E-state index contributed by atoms with van der Waals surface area (Å²) in [4.78, 5) is 15.7. The fourth-order valence-electron chi connectivity index (χ4n) is 1.58. The molecule has 0 saturated carbocycles. The molecule has 1 atom stereocenters. The molecule has 0 saturated heterocycles. The van der Waals surface area contributed by atoms with Gasteiger partial charge >= 0.3 is 5.97 Å². The van der Waals surface area contributed by atoms with Crippen LogP contribution in [0.1, 0.15) is 18.1 Å². The van der Waals surface area contributed by atoms with Crippen LogP contribution in [0.2, 0.25) is 10.0 Å². The zero-order valence-corrected chi connectivity index (χ0v) is 11.8. The average molecular weight is 312 g/mol. The van der Waals surface area contributed by atoms with Crippen molar-refractivity contribution in [3.05, 3.63) is 58.3 Å². The maximum Gasteiger partial charge on any atom is 0.314 e. The SMILES string of the molecule is O=C(CC(O)c1cccnc1)Oc1c(Cl)cccc1Cl. The van der Waals surface area contributed by atoms with Gasteiger partial charge < -0.3 is 9.84 Å². The van der Waals surface area contributed by atoms with Crippen molar-refractivity contribution in [2.45, 2.75) is 12.5 Å². The van der Waals surface area contributed by atoms with Crippen LogP contribution in [0.25, 0.3) is 0 Å². The van der Waals surface area contributed by atoms with E-state index in [9.17, 15) is 9.90 Å². The lowest BCUT2D eigenvalue weighted by molar-refractivity contribution is -0.136. The van der Waals surface area contributed by atoms with Crippen molar-refractivity contribution in [1.29, 1.82) is 0 Å². The van der Waals surface area contributed by atoms with Gasteiger partial charge in [0, 0.05) is 12.4 Å². The lowest BCUT2D eigenvalue weighted by Crippen LogP contribution is -2.13. The largest absolute Gasteiger partial charge is 0.423 e. The van der Waals surface area contributed by atoms with Gasteiger partial charge in [-0.3, -0.25) is 9.78 Å². The number of halogens is 2. The molecule has 0 spiro atoms. The number of ether oxygens (including phenoxy) is 1. The summed E-state index contributed by atoms with van der Waals surface area (Å²) in [6.45, 7) is 0. The van der Waals surface area contributed by atoms with E-state index in [1.807, 2.05) is 0 Å². The summed E-state index contributed by atoms with van der Waals surface area (Å²) in [5, 5.41) is 10.4. The van der Waals surface area contributed by atoms with Gasteiger partial charge in [-0.25, -0.2) is 0 Å². The van der Waals surface area contributed by atoms with E-state index in [2.05, 4.69) is 4.98 Å². The van der Waals surface area contributed by atoms with Crippen LogP contribution in [0.3, 0.4) is 0 Å². The first-order valence-electron chi connectivity index (χ1n) is 5.80. The van der Waals surface area contributed by atoms with Gasteiger partial charge in [0.15, 0.2) is 5.75 Å². The Morgan fingerprint density at radius 2 is 1.95 bits per heavy atom. The topological polar surface area (TPSA) is 59.4 Å². The molecule has 0 fully saturated rings. The minimum Gasteiger partial charge on any atom is -0.423 e. The minimum atomic E-state index is -0.988. The Balaban J connectivity index is 2.03. The summed E-state index contributed by atoms with van der Waals surface area (Å²) < 4.78 is 5.08. The minimum absolute atomic E-state index is 0.0965. The van der Waals surface area contributed by atoms with Crippen molar-refractivity contribution in [1.82, 2.24) is 4.98 Å². The monoisotopic (exact) mass is 311 g/mol. The van der Waals surface area contributed by atoms with Crippen LogP contribution in [-0.2, 0) is 4.79 Å². The third-order valence-corrected chi connectivity index (χ3v) is 3.16. The van der Waals surface area contributed by atoms with Gasteiger partial charge in [-0.1, -0.05) is 35.3 Å². The van der Waals surface area contributed by atoms with Crippen LogP contribution < -0.4 is 4.74 Å². The summed E-state index contributed by atoms with van der Waals surface area (Å²) in [6, 6.07) is 8.12. The van der Waals surface area contributed by atoms with E-state index in [0.717, 1.165) is 0 Å². The molecular formula is C14H11Cl2NO3. The second kappa shape index (κ2) is 6.70. The number of carbonyl (C=O) groups is 1. The van der Waals surface area contributed by atoms with Gasteiger partial charge in [0.2, 0.25) is 0 Å². The molecule has 20 heavy (non-hydrogen) atoms. The van der Waals surface area contributed by atoms with Crippen molar-refractivity contribution >= 4 is 29.2 Å². The lowest BCUT2D eigenvalue weighted by atomic mass is 10.1. The predicted octanol–water partition coefficient (Wildman–Crippen LogP) is 3.42. The molecule has 0 aliphatic heterocycles. The molecule has 2 aromatic rings. The van der Waals surface area contributed by atoms with Crippen molar-refractivity contribution in [2.24, 2.45) is 0 Å². The first kappa shape index (κ1) is 14.8. The molecule has 2 rings (SSSR count). The van der Waals surface area contributed by atoms with Gasteiger partial charge in [0.1, 0.15) is 0 Å². The fraction of sp³-hybridized carbons (Fsp3) is 0.143. The number of hydrogen-bond donors (Lipinski definition) is 1. The van der Waals surface area contributed by atoms with Gasteiger partial charge in [-0.05, 0) is 23.8 Å². The highest BCUT2D eigenvalue weighted by atomic mass is 35.5. The standard InChI is InChI=1S/C14H11Cl2NO3/c15-10-4-1-5-11(16)14(10)20-13(19)7-12(18)9-3-2-6-17-8-9/h1-6,8,12,18H,7H2. The zero-order chi connectivity index (χ0) is 14.5. The van der Waals surface area contributed by atoms with Crippen molar-refractivity contribution in [3.63, 3.8) is 0 Å². The number of para-hydroxylation sites is 1. The van der Waals surface area contributed by atoms with E-state index in [0.29, 0.717) is 5.56 Å². The summed E-state index contributed by atoms with van der Waals surface area (Å²) >= 11 is 11.8. The highest BCUT2D eigenvalue weighted by Crippen LogP contribution is 2.33. The molecule has 1 aromatic carbocycles. The van der Waals surface area contributed by atoms with Crippen LogP contribution in [0.4, 0.5) is 0 Å². The molecule has 0 aliphatic rings. The molecule has 4 nitrogen and oxygen atoms in total. The molecule has 0 radical (unpaired) electrons. The van der Waals surface area contributed by atoms with Gasteiger partial charge in [0.25, 0.3) is 0 Å². The van der Waals surface area contributed by atoms with Crippen LogP contribution >= 0.6 is 23.2 Å². The predicted molar refractivity (Wildman–Crippen MR) is 75.9 cm³/mol. The quantitative estimate of drug-likeness (QED) is 0.694. The molecule has 1 N–H and O–H groups in total. The first-order chi connectivity index (χ1) is 9.58. The van der Waals surface area contributed by atoms with E-state index < -0.39 is 12.1 Å². The van der Waals surface area contributed by atoms with Crippen LogP contribution in [0, 0.1) is 0 Å². The van der Waals surface area contributed by atoms with Crippen molar-refractivity contribution in [2.75, 3.05) is 0 Å². The number of rotatable bonds is 4. The number of carbonyl (C=O) groups excluding carboxylic acids is 1. The fourth-order valence-corrected chi connectivity index (χ4v) is 2.06. The van der Waals surface area contributed by atoms with Crippen LogP contribution in [0.15, 0.2) is 42.7 Å². The molecule has 0 aliphatic carbocycles. The number of nitrogens with zero attached hydrogens (tertiary/aromatic N) is 1. The number of pyridine rings is 1. The summed E-state index contributed by atoms with van der Waals surface area (Å²) in [7, 11) is 0. The number of benzene rings is 1. The van der Waals surface area contributed by atoms with Gasteiger partial charge in [-0.15, -0.1) is 0 Å². The third-order valence-electron chi connectivity index (χ3n) is 2.56.